The number of hydrogen-bond acceptors (Lipinski definition) is 4. The van der Waals surface area contributed by atoms with Gasteiger partial charge in [-0.2, -0.15) is 0 Å². The number of benzene rings is 1. The van der Waals surface area contributed by atoms with Gasteiger partial charge in [-0.3, -0.25) is 14.9 Å². The molecule has 1 aromatic rings. The fourth-order valence-corrected chi connectivity index (χ4v) is 2.10. The third-order valence-corrected chi connectivity index (χ3v) is 3.43. The Morgan fingerprint density at radius 2 is 2.14 bits per heavy atom. The summed E-state index contributed by atoms with van der Waals surface area (Å²) in [6.07, 6.45) is 3.50. The van der Waals surface area contributed by atoms with Gasteiger partial charge < -0.3 is 10.1 Å². The van der Waals surface area contributed by atoms with Crippen LogP contribution in [0, 0.1) is 16.0 Å². The minimum Gasteiger partial charge on any atom is -0.496 e. The van der Waals surface area contributed by atoms with E-state index in [1.165, 1.54) is 19.2 Å². The summed E-state index contributed by atoms with van der Waals surface area (Å²) >= 11 is 0. The topological polar surface area (TPSA) is 81.5 Å². The van der Waals surface area contributed by atoms with Crippen molar-refractivity contribution in [3.63, 3.8) is 0 Å². The molecule has 1 amide bonds. The Bertz CT molecular complexity index is 502. The number of nitro benzene ring substituents is 1. The number of amides is 1. The summed E-state index contributed by atoms with van der Waals surface area (Å²) in [6.45, 7) is 4.02. The molecule has 6 heteroatoms. The van der Waals surface area contributed by atoms with Crippen molar-refractivity contribution in [2.24, 2.45) is 5.92 Å². The van der Waals surface area contributed by atoms with Gasteiger partial charge in [-0.15, -0.1) is 0 Å². The molecule has 0 aromatic heterocycles. The lowest BCUT2D eigenvalue weighted by Gasteiger charge is -2.14. The molecule has 1 rings (SSSR count). The van der Waals surface area contributed by atoms with E-state index in [4.69, 9.17) is 4.74 Å². The monoisotopic (exact) mass is 294 g/mol. The molecule has 1 aromatic carbocycles. The molecule has 0 radical (unpaired) electrons. The van der Waals surface area contributed by atoms with Gasteiger partial charge in [0.2, 0.25) is 5.91 Å². The number of anilines is 1. The first-order valence-electron chi connectivity index (χ1n) is 7.16. The fraction of sp³-hybridized carbons (Fsp3) is 0.533. The minimum absolute atomic E-state index is 0.119. The third kappa shape index (κ3) is 4.73. The average molecular weight is 294 g/mol. The van der Waals surface area contributed by atoms with E-state index in [0.29, 0.717) is 5.75 Å². The van der Waals surface area contributed by atoms with Crippen molar-refractivity contribution in [2.75, 3.05) is 12.4 Å². The van der Waals surface area contributed by atoms with E-state index in [-0.39, 0.29) is 23.2 Å². The Kier molecular flexibility index (Phi) is 6.65. The fourth-order valence-electron chi connectivity index (χ4n) is 2.10. The first-order valence-corrected chi connectivity index (χ1v) is 7.16. The van der Waals surface area contributed by atoms with E-state index in [2.05, 4.69) is 12.2 Å². The van der Waals surface area contributed by atoms with E-state index in [0.717, 1.165) is 25.7 Å². The number of hydrogen-bond donors (Lipinski definition) is 1. The van der Waals surface area contributed by atoms with Crippen molar-refractivity contribution >= 4 is 17.3 Å². The van der Waals surface area contributed by atoms with Gasteiger partial charge >= 0.3 is 0 Å². The molecule has 0 aliphatic carbocycles. The van der Waals surface area contributed by atoms with E-state index in [1.54, 1.807) is 6.07 Å². The Labute approximate surface area is 124 Å². The van der Waals surface area contributed by atoms with Crippen LogP contribution in [-0.2, 0) is 4.79 Å². The van der Waals surface area contributed by atoms with Crippen molar-refractivity contribution < 1.29 is 14.5 Å². The standard InChI is InChI=1S/C15H22N2O4/c1-4-6-7-11(5-2)15(18)16-13-9-8-12(21-3)10-14(13)17(19)20/h8-11H,4-7H2,1-3H3,(H,16,18)/t11-/m1/s1. The zero-order valence-corrected chi connectivity index (χ0v) is 12.7. The minimum atomic E-state index is -0.523. The van der Waals surface area contributed by atoms with Crippen LogP contribution in [0.1, 0.15) is 39.5 Å². The van der Waals surface area contributed by atoms with Gasteiger partial charge in [-0.25, -0.2) is 0 Å². The molecular formula is C15H22N2O4. The van der Waals surface area contributed by atoms with E-state index in [1.807, 2.05) is 6.92 Å². The second kappa shape index (κ2) is 8.24. The van der Waals surface area contributed by atoms with Crippen LogP contribution in [0.4, 0.5) is 11.4 Å². The van der Waals surface area contributed by atoms with Crippen LogP contribution in [0.25, 0.3) is 0 Å². The summed E-state index contributed by atoms with van der Waals surface area (Å²) in [6, 6.07) is 4.40. The molecule has 0 heterocycles. The Hall–Kier alpha value is -2.11. The highest BCUT2D eigenvalue weighted by molar-refractivity contribution is 5.94. The van der Waals surface area contributed by atoms with Gasteiger partial charge in [0.1, 0.15) is 11.4 Å². The van der Waals surface area contributed by atoms with Crippen LogP contribution in [0.5, 0.6) is 5.75 Å². The van der Waals surface area contributed by atoms with Gasteiger partial charge in [-0.05, 0) is 25.0 Å². The Morgan fingerprint density at radius 1 is 1.43 bits per heavy atom. The summed E-state index contributed by atoms with van der Waals surface area (Å²) in [5, 5.41) is 13.7. The van der Waals surface area contributed by atoms with Gasteiger partial charge in [0.25, 0.3) is 5.69 Å². The van der Waals surface area contributed by atoms with Crippen molar-refractivity contribution in [3.8, 4) is 5.75 Å². The van der Waals surface area contributed by atoms with E-state index < -0.39 is 4.92 Å². The molecule has 1 N–H and O–H groups in total. The molecule has 116 valence electrons. The van der Waals surface area contributed by atoms with Crippen LogP contribution in [0.2, 0.25) is 0 Å². The second-order valence-electron chi connectivity index (χ2n) is 4.88. The number of nitrogens with zero attached hydrogens (tertiary/aromatic N) is 1. The predicted molar refractivity (Wildman–Crippen MR) is 81.6 cm³/mol. The number of nitrogens with one attached hydrogen (secondary N) is 1. The third-order valence-electron chi connectivity index (χ3n) is 3.43. The molecule has 0 saturated heterocycles. The van der Waals surface area contributed by atoms with Crippen LogP contribution in [0.15, 0.2) is 18.2 Å². The van der Waals surface area contributed by atoms with E-state index >= 15 is 0 Å². The molecule has 0 aliphatic heterocycles. The summed E-state index contributed by atoms with van der Waals surface area (Å²) in [5.74, 6) is 0.101. The molecular weight excluding hydrogens is 272 g/mol. The van der Waals surface area contributed by atoms with Crippen molar-refractivity contribution in [3.05, 3.63) is 28.3 Å². The maximum Gasteiger partial charge on any atom is 0.296 e. The number of rotatable bonds is 8. The van der Waals surface area contributed by atoms with Gasteiger partial charge in [0.15, 0.2) is 0 Å². The molecule has 1 atom stereocenters. The lowest BCUT2D eigenvalue weighted by atomic mass is 9.98. The number of nitro groups is 1. The molecule has 0 unspecified atom stereocenters. The largest absolute Gasteiger partial charge is 0.496 e. The number of carbonyl (C=O) groups is 1. The lowest BCUT2D eigenvalue weighted by molar-refractivity contribution is -0.384. The van der Waals surface area contributed by atoms with Crippen LogP contribution >= 0.6 is 0 Å². The smallest absolute Gasteiger partial charge is 0.296 e. The number of ether oxygens (including phenoxy) is 1. The van der Waals surface area contributed by atoms with Crippen molar-refractivity contribution in [1.29, 1.82) is 0 Å². The molecule has 6 nitrogen and oxygen atoms in total. The molecule has 21 heavy (non-hydrogen) atoms. The summed E-state index contributed by atoms with van der Waals surface area (Å²) in [7, 11) is 1.44. The highest BCUT2D eigenvalue weighted by Crippen LogP contribution is 2.29. The lowest BCUT2D eigenvalue weighted by Crippen LogP contribution is -2.22. The summed E-state index contributed by atoms with van der Waals surface area (Å²) < 4.78 is 4.97. The normalized spacial score (nSPS) is 11.8. The summed E-state index contributed by atoms with van der Waals surface area (Å²) in [5.41, 5.74) is 0.0498. The molecule has 0 fully saturated rings. The highest BCUT2D eigenvalue weighted by atomic mass is 16.6. The van der Waals surface area contributed by atoms with Crippen LogP contribution in [0.3, 0.4) is 0 Å². The molecule has 0 bridgehead atoms. The molecule has 0 saturated carbocycles. The number of unbranched alkanes of at least 4 members (excludes halogenated alkanes) is 1. The second-order valence-corrected chi connectivity index (χ2v) is 4.88. The van der Waals surface area contributed by atoms with Crippen molar-refractivity contribution in [2.45, 2.75) is 39.5 Å². The summed E-state index contributed by atoms with van der Waals surface area (Å²) in [4.78, 5) is 22.8. The maximum absolute atomic E-state index is 12.2. The maximum atomic E-state index is 12.2. The number of methoxy groups -OCH3 is 1. The quantitative estimate of drug-likeness (QED) is 0.584. The van der Waals surface area contributed by atoms with Gasteiger partial charge in [0.05, 0.1) is 18.1 Å². The Morgan fingerprint density at radius 3 is 2.67 bits per heavy atom. The predicted octanol–water partition coefficient (Wildman–Crippen LogP) is 3.76. The SMILES string of the molecule is CCCC[C@@H](CC)C(=O)Nc1ccc(OC)cc1[N+](=O)[O-]. The molecule has 0 aliphatic rings. The zero-order valence-electron chi connectivity index (χ0n) is 12.7. The highest BCUT2D eigenvalue weighted by Gasteiger charge is 2.21. The van der Waals surface area contributed by atoms with Gasteiger partial charge in [-0.1, -0.05) is 26.7 Å². The van der Waals surface area contributed by atoms with Crippen LogP contribution < -0.4 is 10.1 Å². The zero-order chi connectivity index (χ0) is 15.8. The van der Waals surface area contributed by atoms with E-state index in [9.17, 15) is 14.9 Å². The molecule has 0 spiro atoms. The first-order chi connectivity index (χ1) is 10.0. The first kappa shape index (κ1) is 16.9. The van der Waals surface area contributed by atoms with Crippen molar-refractivity contribution in [1.82, 2.24) is 0 Å². The average Bonchev–Trinajstić information content (AvgIpc) is 2.48. The van der Waals surface area contributed by atoms with Crippen LogP contribution in [-0.4, -0.2) is 17.9 Å². The van der Waals surface area contributed by atoms with Gasteiger partial charge in [0, 0.05) is 5.92 Å². The number of carbonyl (C=O) groups excluding carboxylic acids is 1. The Balaban J connectivity index is 2.90.